The number of rotatable bonds is 3. The summed E-state index contributed by atoms with van der Waals surface area (Å²) in [5.41, 5.74) is -1.35. The van der Waals surface area contributed by atoms with Crippen molar-refractivity contribution in [2.24, 2.45) is 5.92 Å². The van der Waals surface area contributed by atoms with Gasteiger partial charge in [0.05, 0.1) is 5.92 Å². The molecule has 0 aromatic rings. The largest absolute Gasteiger partial charge is 0.481 e. The zero-order valence-corrected chi connectivity index (χ0v) is 8.56. The Bertz CT molecular complexity index is 322. The van der Waals surface area contributed by atoms with Crippen molar-refractivity contribution in [1.82, 2.24) is 4.90 Å². The van der Waals surface area contributed by atoms with E-state index in [1.807, 2.05) is 0 Å². The summed E-state index contributed by atoms with van der Waals surface area (Å²) in [5, 5.41) is 17.6. The fourth-order valence-corrected chi connectivity index (χ4v) is 1.53. The number of hydrogen-bond donors (Lipinski definition) is 2. The van der Waals surface area contributed by atoms with E-state index in [9.17, 15) is 14.4 Å². The minimum Gasteiger partial charge on any atom is -0.481 e. The third-order valence-electron chi connectivity index (χ3n) is 2.67. The van der Waals surface area contributed by atoms with E-state index >= 15 is 0 Å². The standard InChI is InChI=1S/C9H13NO5/c1-9(2,8(14)15)10-4-5(7(12)13)3-6(10)11/h5H,3-4H2,1-2H3,(H,12,13)(H,14,15)/t5-/m1/s1. The SMILES string of the molecule is CC(C)(C(=O)O)N1C[C@H](C(=O)O)CC1=O. The van der Waals surface area contributed by atoms with E-state index in [0.29, 0.717) is 0 Å². The second-order valence-electron chi connectivity index (χ2n) is 4.11. The molecule has 0 bridgehead atoms. The molecule has 0 radical (unpaired) electrons. The number of aliphatic carboxylic acids is 2. The molecule has 0 aromatic carbocycles. The first-order valence-electron chi connectivity index (χ1n) is 4.53. The predicted molar refractivity (Wildman–Crippen MR) is 49.2 cm³/mol. The first-order chi connectivity index (χ1) is 6.76. The molecule has 1 atom stereocenters. The van der Waals surface area contributed by atoms with Crippen LogP contribution in [-0.2, 0) is 14.4 Å². The molecule has 1 fully saturated rings. The van der Waals surface area contributed by atoms with Gasteiger partial charge in [-0.1, -0.05) is 0 Å². The molecule has 15 heavy (non-hydrogen) atoms. The second-order valence-corrected chi connectivity index (χ2v) is 4.11. The molecule has 6 heteroatoms. The zero-order valence-electron chi connectivity index (χ0n) is 8.56. The van der Waals surface area contributed by atoms with Crippen molar-refractivity contribution in [3.63, 3.8) is 0 Å². The molecule has 0 unspecified atom stereocenters. The molecule has 0 saturated carbocycles. The molecule has 1 aliphatic rings. The lowest BCUT2D eigenvalue weighted by Crippen LogP contribution is -2.51. The first kappa shape index (κ1) is 11.5. The molecule has 1 heterocycles. The van der Waals surface area contributed by atoms with Gasteiger partial charge in [-0.15, -0.1) is 0 Å². The normalized spacial score (nSPS) is 21.9. The molecule has 1 saturated heterocycles. The van der Waals surface area contributed by atoms with Crippen molar-refractivity contribution in [3.8, 4) is 0 Å². The maximum atomic E-state index is 11.4. The molecular formula is C9H13NO5. The minimum absolute atomic E-state index is 0.0343. The lowest BCUT2D eigenvalue weighted by Gasteiger charge is -2.31. The molecule has 84 valence electrons. The zero-order chi connectivity index (χ0) is 11.8. The van der Waals surface area contributed by atoms with E-state index in [1.54, 1.807) is 0 Å². The van der Waals surface area contributed by atoms with Gasteiger partial charge in [0.15, 0.2) is 0 Å². The number of likely N-dealkylation sites (tertiary alicyclic amines) is 1. The van der Waals surface area contributed by atoms with Crippen molar-refractivity contribution < 1.29 is 24.6 Å². The van der Waals surface area contributed by atoms with Gasteiger partial charge in [0.25, 0.3) is 0 Å². The fraction of sp³-hybridized carbons (Fsp3) is 0.667. The second kappa shape index (κ2) is 3.52. The maximum Gasteiger partial charge on any atom is 0.329 e. The third kappa shape index (κ3) is 1.93. The molecule has 1 rings (SSSR count). The highest BCUT2D eigenvalue weighted by atomic mass is 16.4. The number of carboxylic acids is 2. The van der Waals surface area contributed by atoms with Gasteiger partial charge in [0.1, 0.15) is 5.54 Å². The Kier molecular flexibility index (Phi) is 2.70. The molecule has 2 N–H and O–H groups in total. The van der Waals surface area contributed by atoms with Gasteiger partial charge in [0, 0.05) is 13.0 Å². The van der Waals surface area contributed by atoms with Crippen LogP contribution in [0.1, 0.15) is 20.3 Å². The summed E-state index contributed by atoms with van der Waals surface area (Å²) in [7, 11) is 0. The Labute approximate surface area is 86.5 Å². The number of hydrogen-bond acceptors (Lipinski definition) is 3. The Morgan fingerprint density at radius 2 is 1.93 bits per heavy atom. The van der Waals surface area contributed by atoms with Gasteiger partial charge in [0.2, 0.25) is 5.91 Å². The summed E-state index contributed by atoms with van der Waals surface area (Å²) >= 11 is 0. The Morgan fingerprint density at radius 3 is 2.27 bits per heavy atom. The average Bonchev–Trinajstić information content (AvgIpc) is 2.47. The summed E-state index contributed by atoms with van der Waals surface area (Å²) in [5.74, 6) is -3.42. The molecule has 0 spiro atoms. The van der Waals surface area contributed by atoms with Gasteiger partial charge in [-0.3, -0.25) is 9.59 Å². The van der Waals surface area contributed by atoms with Crippen LogP contribution in [-0.4, -0.2) is 45.0 Å². The van der Waals surface area contributed by atoms with Crippen LogP contribution in [0, 0.1) is 5.92 Å². The van der Waals surface area contributed by atoms with Crippen molar-refractivity contribution in [1.29, 1.82) is 0 Å². The molecule has 1 aliphatic heterocycles. The molecule has 0 aliphatic carbocycles. The number of carbonyl (C=O) groups excluding carboxylic acids is 1. The highest BCUT2D eigenvalue weighted by Gasteiger charge is 2.45. The fourth-order valence-electron chi connectivity index (χ4n) is 1.53. The smallest absolute Gasteiger partial charge is 0.329 e. The molecular weight excluding hydrogens is 202 g/mol. The predicted octanol–water partition coefficient (Wildman–Crippen LogP) is -0.217. The van der Waals surface area contributed by atoms with Gasteiger partial charge in [-0.05, 0) is 13.8 Å². The maximum absolute atomic E-state index is 11.4. The topological polar surface area (TPSA) is 94.9 Å². The molecule has 0 aromatic heterocycles. The number of amides is 1. The minimum atomic E-state index is -1.35. The summed E-state index contributed by atoms with van der Waals surface area (Å²) in [6.45, 7) is 2.74. The van der Waals surface area contributed by atoms with Crippen LogP contribution < -0.4 is 0 Å². The number of carbonyl (C=O) groups is 3. The molecule has 6 nitrogen and oxygen atoms in total. The van der Waals surface area contributed by atoms with E-state index in [2.05, 4.69) is 0 Å². The summed E-state index contributed by atoms with van der Waals surface area (Å²) in [6, 6.07) is 0. The van der Waals surface area contributed by atoms with Crippen LogP contribution in [0.2, 0.25) is 0 Å². The van der Waals surface area contributed by atoms with Crippen LogP contribution in [0.3, 0.4) is 0 Å². The van der Waals surface area contributed by atoms with Gasteiger partial charge >= 0.3 is 11.9 Å². The Hall–Kier alpha value is -1.59. The lowest BCUT2D eigenvalue weighted by atomic mass is 10.0. The van der Waals surface area contributed by atoms with Crippen molar-refractivity contribution >= 4 is 17.8 Å². The van der Waals surface area contributed by atoms with Crippen LogP contribution in [0.25, 0.3) is 0 Å². The monoisotopic (exact) mass is 215 g/mol. The van der Waals surface area contributed by atoms with Gasteiger partial charge in [-0.2, -0.15) is 0 Å². The summed E-state index contributed by atoms with van der Waals surface area (Å²) in [6.07, 6.45) is -0.119. The van der Waals surface area contributed by atoms with Gasteiger partial charge in [-0.25, -0.2) is 4.79 Å². The highest BCUT2D eigenvalue weighted by Crippen LogP contribution is 2.26. The van der Waals surface area contributed by atoms with E-state index < -0.39 is 29.3 Å². The van der Waals surface area contributed by atoms with Crippen molar-refractivity contribution in [2.45, 2.75) is 25.8 Å². The quantitative estimate of drug-likeness (QED) is 0.678. The van der Waals surface area contributed by atoms with E-state index in [1.165, 1.54) is 13.8 Å². The van der Waals surface area contributed by atoms with E-state index in [-0.39, 0.29) is 13.0 Å². The average molecular weight is 215 g/mol. The van der Waals surface area contributed by atoms with E-state index in [0.717, 1.165) is 4.90 Å². The number of carboxylic acid groups (broad SMARTS) is 2. The summed E-state index contributed by atoms with van der Waals surface area (Å²) < 4.78 is 0. The van der Waals surface area contributed by atoms with Crippen LogP contribution in [0.4, 0.5) is 0 Å². The van der Waals surface area contributed by atoms with E-state index in [4.69, 9.17) is 10.2 Å². The molecule has 1 amide bonds. The van der Waals surface area contributed by atoms with Crippen LogP contribution in [0.5, 0.6) is 0 Å². The van der Waals surface area contributed by atoms with Crippen molar-refractivity contribution in [3.05, 3.63) is 0 Å². The highest BCUT2D eigenvalue weighted by molar-refractivity contribution is 5.91. The number of nitrogens with zero attached hydrogens (tertiary/aromatic N) is 1. The lowest BCUT2D eigenvalue weighted by molar-refractivity contribution is -0.154. The van der Waals surface area contributed by atoms with Crippen LogP contribution in [0.15, 0.2) is 0 Å². The first-order valence-corrected chi connectivity index (χ1v) is 4.53. The Balaban J connectivity index is 2.86. The van der Waals surface area contributed by atoms with Gasteiger partial charge < -0.3 is 15.1 Å². The third-order valence-corrected chi connectivity index (χ3v) is 2.67. The summed E-state index contributed by atoms with van der Waals surface area (Å²) in [4.78, 5) is 34.1. The Morgan fingerprint density at radius 1 is 1.40 bits per heavy atom. The van der Waals surface area contributed by atoms with Crippen molar-refractivity contribution in [2.75, 3.05) is 6.54 Å². The van der Waals surface area contributed by atoms with Crippen LogP contribution >= 0.6 is 0 Å².